The fraction of sp³-hybridized carbons (Fsp3) is 0.531. The maximum absolute atomic E-state index is 12.9. The van der Waals surface area contributed by atoms with E-state index in [1.54, 1.807) is 24.5 Å². The monoisotopic (exact) mass is 578 g/mol. The molecule has 0 unspecified atom stereocenters. The number of benzene rings is 1. The van der Waals surface area contributed by atoms with E-state index in [1.807, 2.05) is 29.8 Å². The van der Waals surface area contributed by atoms with Crippen LogP contribution in [0.1, 0.15) is 69.2 Å². The Balaban J connectivity index is 1.34. The molecule has 2 aromatic heterocycles. The third kappa shape index (κ3) is 7.15. The zero-order chi connectivity index (χ0) is 29.0. The summed E-state index contributed by atoms with van der Waals surface area (Å²) in [5.41, 5.74) is 4.10. The number of hydrogen-bond donors (Lipinski definition) is 3. The van der Waals surface area contributed by atoms with Crippen LogP contribution in [0, 0.1) is 5.92 Å². The van der Waals surface area contributed by atoms with Crippen molar-refractivity contribution in [2.45, 2.75) is 89.2 Å². The summed E-state index contributed by atoms with van der Waals surface area (Å²) < 4.78 is 11.7. The first-order chi connectivity index (χ1) is 19.7. The first kappa shape index (κ1) is 29.6. The molecule has 1 fully saturated rings. The third-order valence-electron chi connectivity index (χ3n) is 8.26. The van der Waals surface area contributed by atoms with Gasteiger partial charge in [0.2, 0.25) is 11.8 Å². The lowest BCUT2D eigenvalue weighted by Crippen LogP contribution is -2.53. The van der Waals surface area contributed by atoms with Gasteiger partial charge in [-0.1, -0.05) is 32.0 Å². The van der Waals surface area contributed by atoms with Crippen LogP contribution in [0.15, 0.2) is 48.1 Å². The number of carbonyl (C=O) groups is 1. The number of nitrogens with zero attached hydrogens (tertiary/aromatic N) is 2. The molecule has 0 bridgehead atoms. The summed E-state index contributed by atoms with van der Waals surface area (Å²) in [6, 6.07) is 9.83. The van der Waals surface area contributed by atoms with Crippen molar-refractivity contribution < 1.29 is 19.4 Å². The van der Waals surface area contributed by atoms with Gasteiger partial charge in [0.05, 0.1) is 12.1 Å². The molecule has 0 radical (unpaired) electrons. The highest BCUT2D eigenvalue weighted by molar-refractivity contribution is 7.13. The van der Waals surface area contributed by atoms with Crippen molar-refractivity contribution in [3.8, 4) is 16.5 Å². The topological polar surface area (TPSA) is 106 Å². The smallest absolute Gasteiger partial charge is 0.249 e. The van der Waals surface area contributed by atoms with Gasteiger partial charge < -0.3 is 25.2 Å². The summed E-state index contributed by atoms with van der Waals surface area (Å²) in [6.07, 6.45) is 7.73. The number of ether oxygens (including phenoxy) is 2. The molecule has 2 aliphatic rings. The van der Waals surface area contributed by atoms with Crippen molar-refractivity contribution in [3.05, 3.63) is 64.8 Å². The van der Waals surface area contributed by atoms with Crippen LogP contribution < -0.4 is 15.4 Å². The summed E-state index contributed by atoms with van der Waals surface area (Å²) >= 11 is 1.58. The van der Waals surface area contributed by atoms with Gasteiger partial charge in [0.25, 0.3) is 0 Å². The Morgan fingerprint density at radius 1 is 1.20 bits per heavy atom. The summed E-state index contributed by atoms with van der Waals surface area (Å²) in [6.45, 7) is 6.43. The van der Waals surface area contributed by atoms with Crippen molar-refractivity contribution in [1.82, 2.24) is 20.6 Å². The SMILES string of the molecule is CO[C@H](C)C(=O)N[C@@H](Cc1cccc(-c2nccs2)c1)[C@@H](O)CN[C@H]1CC2(CCC2)Oc2ncc(CC(C)C)cc21. The number of hydrogen-bond acceptors (Lipinski definition) is 8. The molecule has 3 N–H and O–H groups in total. The Morgan fingerprint density at radius 2 is 2.02 bits per heavy atom. The molecule has 4 atom stereocenters. The summed E-state index contributed by atoms with van der Waals surface area (Å²) in [4.78, 5) is 22.0. The number of thiazole rings is 1. The number of pyridine rings is 1. The standard InChI is InChI=1S/C32H42N4O4S/c1-20(2)13-23-15-25-27(17-32(9-6-10-32)40-30(25)35-18-23)34-19-28(37)26(36-29(38)21(3)39-4)16-22-7-5-8-24(14-22)31-33-11-12-41-31/h5,7-8,11-12,14-15,18,20-21,26-28,34,37H,6,9-10,13,16-17,19H2,1-4H3,(H,36,38)/t21-,26+,27+,28+/m1/s1. The number of aliphatic hydroxyl groups excluding tert-OH is 1. The highest BCUT2D eigenvalue weighted by Gasteiger charge is 2.46. The number of aliphatic hydroxyl groups is 1. The molecule has 1 aliphatic heterocycles. The fourth-order valence-corrected chi connectivity index (χ4v) is 6.40. The molecule has 1 aliphatic carbocycles. The third-order valence-corrected chi connectivity index (χ3v) is 9.08. The van der Waals surface area contributed by atoms with Crippen molar-refractivity contribution in [2.24, 2.45) is 5.92 Å². The van der Waals surface area contributed by atoms with Gasteiger partial charge in [-0.15, -0.1) is 11.3 Å². The quantitative estimate of drug-likeness (QED) is 0.282. The van der Waals surface area contributed by atoms with Gasteiger partial charge in [-0.25, -0.2) is 9.97 Å². The summed E-state index contributed by atoms with van der Waals surface area (Å²) in [5.74, 6) is 0.978. The molecule has 9 heteroatoms. The molecule has 0 saturated heterocycles. The first-order valence-electron chi connectivity index (χ1n) is 14.7. The van der Waals surface area contributed by atoms with Crippen molar-refractivity contribution >= 4 is 17.2 Å². The van der Waals surface area contributed by atoms with E-state index in [9.17, 15) is 9.90 Å². The first-order valence-corrected chi connectivity index (χ1v) is 15.5. The highest BCUT2D eigenvalue weighted by Crippen LogP contribution is 2.48. The summed E-state index contributed by atoms with van der Waals surface area (Å²) in [5, 5.41) is 21.1. The molecular weight excluding hydrogens is 536 g/mol. The van der Waals surface area contributed by atoms with Crippen LogP contribution >= 0.6 is 11.3 Å². The molecule has 1 amide bonds. The van der Waals surface area contributed by atoms with Crippen LogP contribution in [0.2, 0.25) is 0 Å². The number of carbonyl (C=O) groups excluding carboxylic acids is 1. The Labute approximate surface area is 246 Å². The Kier molecular flexibility index (Phi) is 9.38. The average Bonchev–Trinajstić information content (AvgIpc) is 3.49. The molecule has 1 spiro atoms. The minimum Gasteiger partial charge on any atom is -0.471 e. The van der Waals surface area contributed by atoms with Gasteiger partial charge in [0.15, 0.2) is 0 Å². The fourth-order valence-electron chi connectivity index (χ4n) is 5.77. The number of fused-ring (bicyclic) bond motifs is 1. The lowest BCUT2D eigenvalue weighted by atomic mass is 9.73. The molecule has 8 nitrogen and oxygen atoms in total. The predicted octanol–water partition coefficient (Wildman–Crippen LogP) is 4.86. The highest BCUT2D eigenvalue weighted by atomic mass is 32.1. The van der Waals surface area contributed by atoms with Crippen LogP contribution in [-0.4, -0.2) is 58.5 Å². The Bertz CT molecular complexity index is 1310. The van der Waals surface area contributed by atoms with Crippen LogP contribution in [0.5, 0.6) is 5.88 Å². The lowest BCUT2D eigenvalue weighted by molar-refractivity contribution is -0.131. The zero-order valence-electron chi connectivity index (χ0n) is 24.4. The normalized spacial score (nSPS) is 19.6. The van der Waals surface area contributed by atoms with Crippen molar-refractivity contribution in [1.29, 1.82) is 0 Å². The number of aromatic nitrogens is 2. The molecule has 5 rings (SSSR count). The maximum atomic E-state index is 12.9. The van der Waals surface area contributed by atoms with Crippen molar-refractivity contribution in [2.75, 3.05) is 13.7 Å². The van der Waals surface area contributed by atoms with Crippen LogP contribution in [0.3, 0.4) is 0 Å². The second-order valence-electron chi connectivity index (χ2n) is 11.9. The van der Waals surface area contributed by atoms with Crippen molar-refractivity contribution in [3.63, 3.8) is 0 Å². The zero-order valence-corrected chi connectivity index (χ0v) is 25.2. The minimum absolute atomic E-state index is 0.00999. The van der Waals surface area contributed by atoms with Gasteiger partial charge in [-0.3, -0.25) is 4.79 Å². The van der Waals surface area contributed by atoms with E-state index in [2.05, 4.69) is 41.6 Å². The van der Waals surface area contributed by atoms with Gasteiger partial charge in [-0.05, 0) is 68.2 Å². The lowest BCUT2D eigenvalue weighted by Gasteiger charge is -2.47. The van der Waals surface area contributed by atoms with Gasteiger partial charge >= 0.3 is 0 Å². The molecule has 1 aromatic carbocycles. The van der Waals surface area contributed by atoms with E-state index in [4.69, 9.17) is 14.5 Å². The average molecular weight is 579 g/mol. The van der Waals surface area contributed by atoms with Crippen LogP contribution in [-0.2, 0) is 22.4 Å². The van der Waals surface area contributed by atoms with Gasteiger partial charge in [-0.2, -0.15) is 0 Å². The van der Waals surface area contributed by atoms with E-state index in [1.165, 1.54) is 12.7 Å². The van der Waals surface area contributed by atoms with E-state index in [-0.39, 0.29) is 17.6 Å². The van der Waals surface area contributed by atoms with Crippen LogP contribution in [0.4, 0.5) is 0 Å². The van der Waals surface area contributed by atoms with Crippen LogP contribution in [0.25, 0.3) is 10.6 Å². The Hall–Kier alpha value is -2.85. The molecular formula is C32H42N4O4S. The minimum atomic E-state index is -0.832. The number of amides is 1. The number of rotatable bonds is 12. The molecule has 3 heterocycles. The van der Waals surface area contributed by atoms with E-state index in [0.29, 0.717) is 24.8 Å². The van der Waals surface area contributed by atoms with E-state index < -0.39 is 18.2 Å². The summed E-state index contributed by atoms with van der Waals surface area (Å²) in [7, 11) is 1.51. The van der Waals surface area contributed by atoms with E-state index in [0.717, 1.165) is 53.8 Å². The molecule has 41 heavy (non-hydrogen) atoms. The number of methoxy groups -OCH3 is 1. The maximum Gasteiger partial charge on any atom is 0.249 e. The Morgan fingerprint density at radius 3 is 2.71 bits per heavy atom. The molecule has 3 aromatic rings. The van der Waals surface area contributed by atoms with E-state index >= 15 is 0 Å². The second-order valence-corrected chi connectivity index (χ2v) is 12.8. The van der Waals surface area contributed by atoms with Gasteiger partial charge in [0.1, 0.15) is 16.7 Å². The molecule has 1 saturated carbocycles. The largest absolute Gasteiger partial charge is 0.471 e. The number of nitrogens with one attached hydrogen (secondary N) is 2. The van der Waals surface area contributed by atoms with Gasteiger partial charge in [0, 0.05) is 55.0 Å². The second kappa shape index (κ2) is 13.0. The predicted molar refractivity (Wildman–Crippen MR) is 161 cm³/mol. The molecule has 220 valence electrons.